The number of ether oxygens (including phenoxy) is 1. The van der Waals surface area contributed by atoms with E-state index in [4.69, 9.17) is 9.94 Å². The predicted molar refractivity (Wildman–Crippen MR) is 110 cm³/mol. The molecule has 0 radical (unpaired) electrons. The van der Waals surface area contributed by atoms with E-state index in [0.29, 0.717) is 12.2 Å². The van der Waals surface area contributed by atoms with E-state index in [2.05, 4.69) is 0 Å². The highest BCUT2D eigenvalue weighted by atomic mass is 32.2. The molecule has 0 aromatic heterocycles. The maximum absolute atomic E-state index is 13.1. The van der Waals surface area contributed by atoms with Crippen molar-refractivity contribution in [2.45, 2.75) is 22.6 Å². The number of sulfonamides is 1. The Hall–Kier alpha value is -2.47. The van der Waals surface area contributed by atoms with Crippen molar-refractivity contribution in [1.29, 1.82) is 0 Å². The molecule has 1 amide bonds. The lowest BCUT2D eigenvalue weighted by Crippen LogP contribution is -2.36. The summed E-state index contributed by atoms with van der Waals surface area (Å²) in [7, 11) is -5.91. The number of methoxy groups -OCH3 is 1. The van der Waals surface area contributed by atoms with Gasteiger partial charge in [-0.15, -0.1) is 0 Å². The van der Waals surface area contributed by atoms with Crippen molar-refractivity contribution >= 4 is 25.8 Å². The van der Waals surface area contributed by atoms with Crippen LogP contribution in [0.1, 0.15) is 12.0 Å². The number of carbonyl (C=O) groups is 1. The van der Waals surface area contributed by atoms with Crippen LogP contribution in [0.15, 0.2) is 58.3 Å². The van der Waals surface area contributed by atoms with Gasteiger partial charge in [-0.2, -0.15) is 4.31 Å². The SMILES string of the molecule is COc1ccc(CCN(CCC(=O)NO)S(=O)(=O)c2ccc(S(C)(=O)=O)cc2)cc1. The molecule has 2 N–H and O–H groups in total. The molecule has 0 saturated heterocycles. The maximum Gasteiger partial charge on any atom is 0.244 e. The van der Waals surface area contributed by atoms with Gasteiger partial charge in [-0.3, -0.25) is 10.0 Å². The monoisotopic (exact) mass is 456 g/mol. The van der Waals surface area contributed by atoms with Crippen molar-refractivity contribution in [3.05, 3.63) is 54.1 Å². The van der Waals surface area contributed by atoms with Gasteiger partial charge >= 0.3 is 0 Å². The number of nitrogens with zero attached hydrogens (tertiary/aromatic N) is 1. The average molecular weight is 457 g/mol. The number of hydrogen-bond donors (Lipinski definition) is 2. The molecule has 0 aliphatic heterocycles. The molecular formula is C19H24N2O7S2. The Morgan fingerprint density at radius 2 is 1.53 bits per heavy atom. The molecule has 164 valence electrons. The topological polar surface area (TPSA) is 130 Å². The lowest BCUT2D eigenvalue weighted by Gasteiger charge is -2.22. The number of hydroxylamine groups is 1. The van der Waals surface area contributed by atoms with E-state index in [1.165, 1.54) is 29.7 Å². The van der Waals surface area contributed by atoms with Crippen LogP contribution in [0.5, 0.6) is 5.75 Å². The molecule has 11 heteroatoms. The first kappa shape index (κ1) is 23.8. The minimum absolute atomic E-state index is 0.00545. The summed E-state index contributed by atoms with van der Waals surface area (Å²) in [5.74, 6) is -0.0408. The highest BCUT2D eigenvalue weighted by Gasteiger charge is 2.25. The van der Waals surface area contributed by atoms with Gasteiger partial charge < -0.3 is 4.74 Å². The van der Waals surface area contributed by atoms with E-state index >= 15 is 0 Å². The fourth-order valence-electron chi connectivity index (χ4n) is 2.69. The van der Waals surface area contributed by atoms with E-state index < -0.39 is 25.8 Å². The van der Waals surface area contributed by atoms with Crippen LogP contribution in [0.25, 0.3) is 0 Å². The summed E-state index contributed by atoms with van der Waals surface area (Å²) < 4.78 is 55.6. The Kier molecular flexibility index (Phi) is 7.96. The van der Waals surface area contributed by atoms with Crippen molar-refractivity contribution in [2.75, 3.05) is 26.5 Å². The fourth-order valence-corrected chi connectivity index (χ4v) is 4.76. The molecule has 0 spiro atoms. The number of sulfone groups is 1. The van der Waals surface area contributed by atoms with Crippen molar-refractivity contribution in [2.24, 2.45) is 0 Å². The fraction of sp³-hybridized carbons (Fsp3) is 0.316. The second-order valence-electron chi connectivity index (χ2n) is 6.53. The van der Waals surface area contributed by atoms with Crippen LogP contribution >= 0.6 is 0 Å². The van der Waals surface area contributed by atoms with Gasteiger partial charge in [-0.25, -0.2) is 22.3 Å². The molecule has 0 bridgehead atoms. The molecule has 0 aliphatic carbocycles. The van der Waals surface area contributed by atoms with Crippen LogP contribution in [0.3, 0.4) is 0 Å². The zero-order valence-electron chi connectivity index (χ0n) is 16.6. The van der Waals surface area contributed by atoms with Crippen LogP contribution in [-0.2, 0) is 31.1 Å². The molecule has 0 saturated carbocycles. The van der Waals surface area contributed by atoms with Gasteiger partial charge in [0.05, 0.1) is 16.9 Å². The summed E-state index contributed by atoms with van der Waals surface area (Å²) in [5, 5.41) is 8.70. The van der Waals surface area contributed by atoms with E-state index in [1.807, 2.05) is 12.1 Å². The molecule has 9 nitrogen and oxygen atoms in total. The van der Waals surface area contributed by atoms with Crippen molar-refractivity contribution in [3.63, 3.8) is 0 Å². The Labute approximate surface area is 176 Å². The molecule has 0 heterocycles. The summed E-state index contributed by atoms with van der Waals surface area (Å²) in [6, 6.07) is 12.0. The summed E-state index contributed by atoms with van der Waals surface area (Å²) >= 11 is 0. The summed E-state index contributed by atoms with van der Waals surface area (Å²) in [4.78, 5) is 11.3. The molecular weight excluding hydrogens is 432 g/mol. The molecule has 0 atom stereocenters. The second-order valence-corrected chi connectivity index (χ2v) is 10.5. The van der Waals surface area contributed by atoms with Gasteiger partial charge in [-0.1, -0.05) is 12.1 Å². The average Bonchev–Trinajstić information content (AvgIpc) is 2.73. The number of nitrogens with one attached hydrogen (secondary N) is 1. The summed E-state index contributed by atoms with van der Waals surface area (Å²) in [6.45, 7) is -0.0695. The second kappa shape index (κ2) is 10.0. The van der Waals surface area contributed by atoms with E-state index in [9.17, 15) is 21.6 Å². The Bertz CT molecular complexity index is 1060. The Morgan fingerprint density at radius 1 is 0.967 bits per heavy atom. The molecule has 30 heavy (non-hydrogen) atoms. The zero-order chi connectivity index (χ0) is 22.4. The van der Waals surface area contributed by atoms with Crippen LogP contribution in [0.4, 0.5) is 0 Å². The van der Waals surface area contributed by atoms with E-state index in [1.54, 1.807) is 19.2 Å². The zero-order valence-corrected chi connectivity index (χ0v) is 18.2. The van der Waals surface area contributed by atoms with Crippen LogP contribution in [0.2, 0.25) is 0 Å². The van der Waals surface area contributed by atoms with E-state index in [0.717, 1.165) is 16.1 Å². The number of benzene rings is 2. The molecule has 2 aromatic rings. The summed E-state index contributed by atoms with van der Waals surface area (Å²) in [6.07, 6.45) is 1.18. The van der Waals surface area contributed by atoms with Gasteiger partial charge in [0.2, 0.25) is 15.9 Å². The molecule has 2 aromatic carbocycles. The summed E-state index contributed by atoms with van der Waals surface area (Å²) in [5.41, 5.74) is 2.35. The third-order valence-electron chi connectivity index (χ3n) is 4.41. The first-order valence-electron chi connectivity index (χ1n) is 8.94. The lowest BCUT2D eigenvalue weighted by atomic mass is 10.1. The molecule has 0 aliphatic rings. The van der Waals surface area contributed by atoms with Gasteiger partial charge in [0.1, 0.15) is 5.75 Å². The van der Waals surface area contributed by atoms with Gasteiger partial charge in [-0.05, 0) is 48.4 Å². The minimum atomic E-state index is -4.00. The van der Waals surface area contributed by atoms with Gasteiger partial charge in [0, 0.05) is 25.8 Å². The van der Waals surface area contributed by atoms with Crippen LogP contribution in [0, 0.1) is 0 Å². The number of rotatable bonds is 10. The quantitative estimate of drug-likeness (QED) is 0.406. The van der Waals surface area contributed by atoms with Crippen molar-refractivity contribution in [1.82, 2.24) is 9.79 Å². The number of carbonyl (C=O) groups excluding carboxylic acids is 1. The minimum Gasteiger partial charge on any atom is -0.497 e. The molecule has 2 rings (SSSR count). The Balaban J connectivity index is 2.25. The van der Waals surface area contributed by atoms with Crippen molar-refractivity contribution < 1.29 is 31.6 Å². The first-order valence-corrected chi connectivity index (χ1v) is 12.3. The number of amides is 1. The standard InChI is InChI=1S/C19H24N2O7S2/c1-28-16-5-3-15(4-6-16)11-13-21(14-12-19(22)20-23)30(26,27)18-9-7-17(8-10-18)29(2,24)25/h3-10,23H,11-14H2,1-2H3,(H,20,22). The smallest absolute Gasteiger partial charge is 0.244 e. The maximum atomic E-state index is 13.1. The number of hydrogen-bond acceptors (Lipinski definition) is 7. The van der Waals surface area contributed by atoms with Crippen molar-refractivity contribution in [3.8, 4) is 5.75 Å². The third kappa shape index (κ3) is 6.26. The first-order chi connectivity index (χ1) is 14.1. The lowest BCUT2D eigenvalue weighted by molar-refractivity contribution is -0.129. The normalized spacial score (nSPS) is 12.0. The van der Waals surface area contributed by atoms with Gasteiger partial charge in [0.15, 0.2) is 9.84 Å². The molecule has 0 unspecified atom stereocenters. The highest BCUT2D eigenvalue weighted by Crippen LogP contribution is 2.20. The Morgan fingerprint density at radius 3 is 2.03 bits per heavy atom. The highest BCUT2D eigenvalue weighted by molar-refractivity contribution is 7.90. The van der Waals surface area contributed by atoms with E-state index in [-0.39, 0.29) is 29.3 Å². The van der Waals surface area contributed by atoms with Gasteiger partial charge in [0.25, 0.3) is 0 Å². The molecule has 0 fully saturated rings. The van der Waals surface area contributed by atoms with Crippen LogP contribution in [-0.4, -0.2) is 58.7 Å². The largest absolute Gasteiger partial charge is 0.497 e. The van der Waals surface area contributed by atoms with Crippen LogP contribution < -0.4 is 10.2 Å². The predicted octanol–water partition coefficient (Wildman–Crippen LogP) is 1.23. The third-order valence-corrected chi connectivity index (χ3v) is 7.45.